The second-order valence-corrected chi connectivity index (χ2v) is 6.40. The molecule has 0 radical (unpaired) electrons. The summed E-state index contributed by atoms with van der Waals surface area (Å²) in [5, 5.41) is 11.0. The van der Waals surface area contributed by atoms with E-state index in [0.717, 1.165) is 71.4 Å². The van der Waals surface area contributed by atoms with Crippen LogP contribution in [0, 0.1) is 5.92 Å². The summed E-state index contributed by atoms with van der Waals surface area (Å²) in [6, 6.07) is 0. The highest BCUT2D eigenvalue weighted by Gasteiger charge is 2.46. The molecule has 4 nitrogen and oxygen atoms in total. The van der Waals surface area contributed by atoms with Gasteiger partial charge in [-0.2, -0.15) is 0 Å². The molecule has 0 saturated carbocycles. The molecule has 0 bridgehead atoms. The van der Waals surface area contributed by atoms with E-state index in [1.807, 2.05) is 0 Å². The summed E-state index contributed by atoms with van der Waals surface area (Å²) in [4.78, 5) is 0. The summed E-state index contributed by atoms with van der Waals surface area (Å²) in [6.07, 6.45) is 6.58. The van der Waals surface area contributed by atoms with E-state index < -0.39 is 5.60 Å². The number of hydrogen-bond donors (Lipinski definition) is 1. The fourth-order valence-electron chi connectivity index (χ4n) is 3.94. The third-order valence-corrected chi connectivity index (χ3v) is 5.23. The van der Waals surface area contributed by atoms with Crippen molar-refractivity contribution in [1.82, 2.24) is 0 Å². The monoisotopic (exact) mass is 270 g/mol. The Balaban J connectivity index is 1.69. The number of rotatable bonds is 1. The van der Waals surface area contributed by atoms with Crippen LogP contribution in [0.25, 0.3) is 0 Å². The molecule has 0 amide bonds. The zero-order valence-electron chi connectivity index (χ0n) is 11.7. The van der Waals surface area contributed by atoms with Gasteiger partial charge in [0.2, 0.25) is 0 Å². The van der Waals surface area contributed by atoms with Gasteiger partial charge in [-0.3, -0.25) is 0 Å². The summed E-state index contributed by atoms with van der Waals surface area (Å²) >= 11 is 0. The maximum atomic E-state index is 11.0. The first-order valence-corrected chi connectivity index (χ1v) is 7.74. The zero-order valence-corrected chi connectivity index (χ0v) is 11.7. The lowest BCUT2D eigenvalue weighted by molar-refractivity contribution is -0.177. The molecule has 3 rings (SSSR count). The lowest BCUT2D eigenvalue weighted by Gasteiger charge is -2.48. The molecule has 1 spiro atoms. The number of aliphatic hydroxyl groups is 1. The highest BCUT2D eigenvalue weighted by molar-refractivity contribution is 4.97. The van der Waals surface area contributed by atoms with E-state index >= 15 is 0 Å². The topological polar surface area (TPSA) is 47.9 Å². The summed E-state index contributed by atoms with van der Waals surface area (Å²) in [5.41, 5.74) is -0.560. The first-order valence-electron chi connectivity index (χ1n) is 7.74. The molecular formula is C15H26O4. The number of hydrogen-bond acceptors (Lipinski definition) is 4. The lowest BCUT2D eigenvalue weighted by Crippen LogP contribution is -2.50. The minimum Gasteiger partial charge on any atom is -0.390 e. The van der Waals surface area contributed by atoms with Gasteiger partial charge in [-0.25, -0.2) is 0 Å². The van der Waals surface area contributed by atoms with Gasteiger partial charge in [0.25, 0.3) is 0 Å². The summed E-state index contributed by atoms with van der Waals surface area (Å²) < 4.78 is 17.0. The van der Waals surface area contributed by atoms with Crippen molar-refractivity contribution in [3.8, 4) is 0 Å². The van der Waals surface area contributed by atoms with Crippen molar-refractivity contribution in [1.29, 1.82) is 0 Å². The van der Waals surface area contributed by atoms with Gasteiger partial charge in [0, 0.05) is 33.0 Å². The Morgan fingerprint density at radius 1 is 0.842 bits per heavy atom. The van der Waals surface area contributed by atoms with Gasteiger partial charge in [-0.15, -0.1) is 0 Å². The van der Waals surface area contributed by atoms with Gasteiger partial charge in [0.05, 0.1) is 11.2 Å². The van der Waals surface area contributed by atoms with Crippen molar-refractivity contribution in [3.05, 3.63) is 0 Å². The van der Waals surface area contributed by atoms with E-state index in [2.05, 4.69) is 0 Å². The van der Waals surface area contributed by atoms with Gasteiger partial charge in [-0.1, -0.05) is 0 Å². The molecule has 1 N–H and O–H groups in total. The minimum absolute atomic E-state index is 0.0238. The van der Waals surface area contributed by atoms with E-state index in [1.54, 1.807) is 0 Å². The largest absolute Gasteiger partial charge is 0.390 e. The van der Waals surface area contributed by atoms with Crippen LogP contribution in [0.5, 0.6) is 0 Å². The van der Waals surface area contributed by atoms with Gasteiger partial charge in [-0.05, 0) is 50.9 Å². The van der Waals surface area contributed by atoms with Crippen molar-refractivity contribution >= 4 is 0 Å². The third kappa shape index (κ3) is 2.97. The molecule has 3 fully saturated rings. The quantitative estimate of drug-likeness (QED) is 0.790. The van der Waals surface area contributed by atoms with E-state index in [9.17, 15) is 5.11 Å². The summed E-state index contributed by atoms with van der Waals surface area (Å²) in [7, 11) is 0. The van der Waals surface area contributed by atoms with Crippen LogP contribution in [0.3, 0.4) is 0 Å². The van der Waals surface area contributed by atoms with Gasteiger partial charge >= 0.3 is 0 Å². The van der Waals surface area contributed by atoms with Crippen molar-refractivity contribution < 1.29 is 19.3 Å². The standard InChI is InChI=1S/C15H26O4/c16-15(3-1-7-17-11-6-15)13-2-8-19-14(12-13)4-9-18-10-5-14/h13,16H,1-12H2. The maximum absolute atomic E-state index is 11.0. The predicted octanol–water partition coefficient (Wildman–Crippen LogP) is 1.89. The third-order valence-electron chi connectivity index (χ3n) is 5.23. The molecule has 0 aromatic carbocycles. The first-order chi connectivity index (χ1) is 9.23. The highest BCUT2D eigenvalue weighted by Crippen LogP contribution is 2.44. The molecule has 3 aliphatic heterocycles. The Kier molecular flexibility index (Phi) is 4.13. The lowest BCUT2D eigenvalue weighted by atomic mass is 9.70. The van der Waals surface area contributed by atoms with Gasteiger partial charge < -0.3 is 19.3 Å². The average molecular weight is 270 g/mol. The molecule has 2 unspecified atom stereocenters. The maximum Gasteiger partial charge on any atom is 0.0730 e. The Bertz CT molecular complexity index is 285. The highest BCUT2D eigenvalue weighted by atomic mass is 16.5. The first kappa shape index (κ1) is 13.8. The van der Waals surface area contributed by atoms with Crippen molar-refractivity contribution in [3.63, 3.8) is 0 Å². The molecule has 4 heteroatoms. The SMILES string of the molecule is OC1(C2CCOC3(CCOCC3)C2)CCCOCC1. The molecule has 0 aliphatic carbocycles. The molecule has 2 atom stereocenters. The Morgan fingerprint density at radius 3 is 2.42 bits per heavy atom. The molecule has 110 valence electrons. The van der Waals surface area contributed by atoms with E-state index in [1.165, 1.54) is 0 Å². The average Bonchev–Trinajstić information content (AvgIpc) is 2.66. The van der Waals surface area contributed by atoms with Crippen LogP contribution in [0.2, 0.25) is 0 Å². The Hall–Kier alpha value is -0.160. The van der Waals surface area contributed by atoms with E-state index in [4.69, 9.17) is 14.2 Å². The van der Waals surface area contributed by atoms with Crippen molar-refractivity contribution in [2.75, 3.05) is 33.0 Å². The Morgan fingerprint density at radius 2 is 1.58 bits per heavy atom. The number of ether oxygens (including phenoxy) is 3. The van der Waals surface area contributed by atoms with E-state index in [-0.39, 0.29) is 5.60 Å². The van der Waals surface area contributed by atoms with Crippen molar-refractivity contribution in [2.24, 2.45) is 5.92 Å². The zero-order chi connectivity index (χ0) is 13.2. The fraction of sp³-hybridized carbons (Fsp3) is 1.00. The van der Waals surface area contributed by atoms with Gasteiger partial charge in [0.1, 0.15) is 0 Å². The molecule has 0 aromatic rings. The molecule has 3 aliphatic rings. The molecular weight excluding hydrogens is 244 g/mol. The van der Waals surface area contributed by atoms with Crippen LogP contribution in [0.1, 0.15) is 44.9 Å². The summed E-state index contributed by atoms with van der Waals surface area (Å²) in [6.45, 7) is 3.88. The van der Waals surface area contributed by atoms with Crippen LogP contribution in [0.15, 0.2) is 0 Å². The van der Waals surface area contributed by atoms with Crippen LogP contribution in [0.4, 0.5) is 0 Å². The molecule has 0 aromatic heterocycles. The second kappa shape index (κ2) is 5.68. The van der Waals surface area contributed by atoms with Crippen molar-refractivity contribution in [2.45, 2.75) is 56.1 Å². The van der Waals surface area contributed by atoms with Crippen LogP contribution in [-0.4, -0.2) is 49.3 Å². The molecule has 3 heterocycles. The molecule has 3 saturated heterocycles. The van der Waals surface area contributed by atoms with Crippen LogP contribution >= 0.6 is 0 Å². The predicted molar refractivity (Wildman–Crippen MR) is 71.1 cm³/mol. The van der Waals surface area contributed by atoms with Crippen LogP contribution < -0.4 is 0 Å². The van der Waals surface area contributed by atoms with Gasteiger partial charge in [0.15, 0.2) is 0 Å². The van der Waals surface area contributed by atoms with Crippen LogP contribution in [-0.2, 0) is 14.2 Å². The normalized spacial score (nSPS) is 39.9. The smallest absolute Gasteiger partial charge is 0.0730 e. The second-order valence-electron chi connectivity index (χ2n) is 6.40. The Labute approximate surface area is 115 Å². The summed E-state index contributed by atoms with van der Waals surface area (Å²) in [5.74, 6) is 0.362. The minimum atomic E-state index is -0.536. The van der Waals surface area contributed by atoms with E-state index in [0.29, 0.717) is 12.5 Å². The molecule has 19 heavy (non-hydrogen) atoms. The fourth-order valence-corrected chi connectivity index (χ4v) is 3.94.